The number of carbonyl (C=O) groups is 1. The summed E-state index contributed by atoms with van der Waals surface area (Å²) in [6, 6.07) is 6.16. The van der Waals surface area contributed by atoms with E-state index in [-0.39, 0.29) is 11.9 Å². The molecule has 0 spiro atoms. The average Bonchev–Trinajstić information content (AvgIpc) is 2.28. The van der Waals surface area contributed by atoms with Crippen molar-refractivity contribution < 1.29 is 4.79 Å². The van der Waals surface area contributed by atoms with Crippen LogP contribution in [0.2, 0.25) is 0 Å². The van der Waals surface area contributed by atoms with Gasteiger partial charge in [-0.1, -0.05) is 15.9 Å². The van der Waals surface area contributed by atoms with Gasteiger partial charge in [-0.05, 0) is 38.1 Å². The number of amides is 1. The van der Waals surface area contributed by atoms with Crippen molar-refractivity contribution in [1.82, 2.24) is 0 Å². The van der Waals surface area contributed by atoms with Crippen LogP contribution in [0.4, 0.5) is 11.4 Å². The molecule has 0 bridgehead atoms. The van der Waals surface area contributed by atoms with Crippen molar-refractivity contribution in [3.8, 4) is 0 Å². The second-order valence-electron chi connectivity index (χ2n) is 4.68. The number of likely N-dealkylation sites (N-methyl/N-ethyl adjacent to an activating group) is 1. The van der Waals surface area contributed by atoms with E-state index in [1.54, 1.807) is 0 Å². The lowest BCUT2D eigenvalue weighted by molar-refractivity contribution is -0.118. The van der Waals surface area contributed by atoms with Gasteiger partial charge in [-0.2, -0.15) is 0 Å². The molecule has 0 radical (unpaired) electrons. The number of rotatable bonds is 3. The highest BCUT2D eigenvalue weighted by atomic mass is 79.9. The minimum Gasteiger partial charge on any atom is -0.364 e. The first kappa shape index (κ1) is 13.4. The number of nitrogens with zero attached hydrogens (tertiary/aromatic N) is 2. The third-order valence-corrected chi connectivity index (χ3v) is 3.77. The topological polar surface area (TPSA) is 49.6 Å². The smallest absolute Gasteiger partial charge is 0.246 e. The summed E-state index contributed by atoms with van der Waals surface area (Å²) in [5, 5.41) is 0. The zero-order valence-corrected chi connectivity index (χ0v) is 12.3. The molecule has 98 valence electrons. The lowest BCUT2D eigenvalue weighted by atomic mass is 10.1. The molecule has 0 saturated carbocycles. The van der Waals surface area contributed by atoms with E-state index in [0.29, 0.717) is 13.1 Å². The van der Waals surface area contributed by atoms with Crippen molar-refractivity contribution in [1.29, 1.82) is 0 Å². The van der Waals surface area contributed by atoms with E-state index in [4.69, 9.17) is 5.73 Å². The van der Waals surface area contributed by atoms with Crippen LogP contribution >= 0.6 is 15.9 Å². The van der Waals surface area contributed by atoms with Crippen molar-refractivity contribution in [3.05, 3.63) is 22.7 Å². The molecule has 4 nitrogen and oxygen atoms in total. The Morgan fingerprint density at radius 3 is 2.83 bits per heavy atom. The molecule has 5 heteroatoms. The van der Waals surface area contributed by atoms with Gasteiger partial charge in [-0.25, -0.2) is 0 Å². The van der Waals surface area contributed by atoms with Crippen LogP contribution in [-0.4, -0.2) is 32.1 Å². The third kappa shape index (κ3) is 2.37. The molecule has 1 aromatic rings. The highest BCUT2D eigenvalue weighted by molar-refractivity contribution is 9.10. The molecule has 2 N–H and O–H groups in total. The van der Waals surface area contributed by atoms with Gasteiger partial charge in [0.2, 0.25) is 5.91 Å². The number of benzene rings is 1. The molecular formula is C13H18BrN3O. The second kappa shape index (κ2) is 5.28. The Hall–Kier alpha value is -1.07. The van der Waals surface area contributed by atoms with Crippen LogP contribution in [0, 0.1) is 0 Å². The summed E-state index contributed by atoms with van der Waals surface area (Å²) >= 11 is 3.46. The lowest BCUT2D eigenvalue weighted by Gasteiger charge is -2.38. The van der Waals surface area contributed by atoms with Crippen LogP contribution in [0.25, 0.3) is 0 Å². The predicted octanol–water partition coefficient (Wildman–Crippen LogP) is 1.97. The summed E-state index contributed by atoms with van der Waals surface area (Å²) < 4.78 is 0.981. The van der Waals surface area contributed by atoms with Crippen LogP contribution in [0.3, 0.4) is 0 Å². The highest BCUT2D eigenvalue weighted by Gasteiger charge is 2.30. The number of anilines is 2. The summed E-state index contributed by atoms with van der Waals surface area (Å²) in [7, 11) is 1.94. The molecule has 1 aromatic carbocycles. The first-order valence-corrected chi connectivity index (χ1v) is 6.86. The number of hydrogen-bond donors (Lipinski definition) is 1. The van der Waals surface area contributed by atoms with E-state index in [1.807, 2.05) is 42.0 Å². The Morgan fingerprint density at radius 1 is 1.44 bits per heavy atom. The molecule has 0 aliphatic carbocycles. The normalized spacial score (nSPS) is 16.8. The molecule has 0 aromatic heterocycles. The van der Waals surface area contributed by atoms with Crippen molar-refractivity contribution in [2.45, 2.75) is 19.4 Å². The highest BCUT2D eigenvalue weighted by Crippen LogP contribution is 2.36. The van der Waals surface area contributed by atoms with Crippen LogP contribution < -0.4 is 15.5 Å². The minimum atomic E-state index is 0.129. The van der Waals surface area contributed by atoms with Gasteiger partial charge in [-0.3, -0.25) is 4.79 Å². The molecule has 18 heavy (non-hydrogen) atoms. The minimum absolute atomic E-state index is 0.129. The van der Waals surface area contributed by atoms with E-state index < -0.39 is 0 Å². The van der Waals surface area contributed by atoms with E-state index in [2.05, 4.69) is 15.9 Å². The van der Waals surface area contributed by atoms with Gasteiger partial charge in [0.15, 0.2) is 0 Å². The maximum Gasteiger partial charge on any atom is 0.246 e. The fourth-order valence-electron chi connectivity index (χ4n) is 2.36. The summed E-state index contributed by atoms with van der Waals surface area (Å²) in [4.78, 5) is 16.1. The van der Waals surface area contributed by atoms with Crippen molar-refractivity contribution in [2.24, 2.45) is 5.73 Å². The Morgan fingerprint density at radius 2 is 2.17 bits per heavy atom. The number of hydrogen-bond acceptors (Lipinski definition) is 3. The van der Waals surface area contributed by atoms with E-state index >= 15 is 0 Å². The fourth-order valence-corrected chi connectivity index (χ4v) is 2.71. The summed E-state index contributed by atoms with van der Waals surface area (Å²) in [5.41, 5.74) is 7.65. The largest absolute Gasteiger partial charge is 0.364 e. The monoisotopic (exact) mass is 311 g/mol. The second-order valence-corrected chi connectivity index (χ2v) is 5.59. The van der Waals surface area contributed by atoms with Gasteiger partial charge in [0, 0.05) is 17.6 Å². The first-order chi connectivity index (χ1) is 8.54. The molecule has 2 rings (SSSR count). The molecule has 1 unspecified atom stereocenters. The van der Waals surface area contributed by atoms with E-state index in [9.17, 15) is 4.79 Å². The Kier molecular flexibility index (Phi) is 3.92. The van der Waals surface area contributed by atoms with Crippen LogP contribution in [0.5, 0.6) is 0 Å². The first-order valence-electron chi connectivity index (χ1n) is 6.07. The summed E-state index contributed by atoms with van der Waals surface area (Å²) in [6.07, 6.45) is 0.807. The SMILES string of the molecule is CC(CCN)N1C(=O)CN(C)c2ccc(Br)cc21. The summed E-state index contributed by atoms with van der Waals surface area (Å²) in [6.45, 7) is 3.05. The third-order valence-electron chi connectivity index (χ3n) is 3.27. The van der Waals surface area contributed by atoms with Gasteiger partial charge < -0.3 is 15.5 Å². The molecule has 1 heterocycles. The molecule has 1 aliphatic rings. The van der Waals surface area contributed by atoms with Gasteiger partial charge in [0.25, 0.3) is 0 Å². The quantitative estimate of drug-likeness (QED) is 0.928. The van der Waals surface area contributed by atoms with Gasteiger partial charge in [0.1, 0.15) is 0 Å². The number of carbonyl (C=O) groups excluding carboxylic acids is 1. The zero-order chi connectivity index (χ0) is 13.3. The molecular weight excluding hydrogens is 294 g/mol. The van der Waals surface area contributed by atoms with Gasteiger partial charge in [0.05, 0.1) is 17.9 Å². The zero-order valence-electron chi connectivity index (χ0n) is 10.7. The standard InChI is InChI=1S/C13H18BrN3O/c1-9(5-6-15)17-12-7-10(14)3-4-11(12)16(2)8-13(17)18/h3-4,7,9H,5-6,8,15H2,1-2H3. The van der Waals surface area contributed by atoms with Crippen molar-refractivity contribution in [2.75, 3.05) is 29.9 Å². The maximum absolute atomic E-state index is 12.2. The molecule has 1 amide bonds. The number of fused-ring (bicyclic) bond motifs is 1. The van der Waals surface area contributed by atoms with Crippen molar-refractivity contribution >= 4 is 33.2 Å². The lowest BCUT2D eigenvalue weighted by Crippen LogP contribution is -2.49. The molecule has 1 aliphatic heterocycles. The van der Waals surface area contributed by atoms with E-state index in [1.165, 1.54) is 0 Å². The number of halogens is 1. The Bertz CT molecular complexity index is 464. The van der Waals surface area contributed by atoms with Gasteiger partial charge in [-0.15, -0.1) is 0 Å². The van der Waals surface area contributed by atoms with E-state index in [0.717, 1.165) is 22.3 Å². The maximum atomic E-state index is 12.2. The number of nitrogens with two attached hydrogens (primary N) is 1. The summed E-state index contributed by atoms with van der Waals surface area (Å²) in [5.74, 6) is 0.129. The predicted molar refractivity (Wildman–Crippen MR) is 78.0 cm³/mol. The van der Waals surface area contributed by atoms with Crippen LogP contribution in [0.15, 0.2) is 22.7 Å². The Balaban J connectivity index is 2.44. The molecule has 0 saturated heterocycles. The molecule has 1 atom stereocenters. The van der Waals surface area contributed by atoms with Crippen LogP contribution in [-0.2, 0) is 4.79 Å². The van der Waals surface area contributed by atoms with Crippen LogP contribution in [0.1, 0.15) is 13.3 Å². The van der Waals surface area contributed by atoms with Gasteiger partial charge >= 0.3 is 0 Å². The molecule has 0 fully saturated rings. The fraction of sp³-hybridized carbons (Fsp3) is 0.462. The van der Waals surface area contributed by atoms with Crippen molar-refractivity contribution in [3.63, 3.8) is 0 Å². The Labute approximate surface area is 116 Å². The average molecular weight is 312 g/mol.